The second kappa shape index (κ2) is 3.77. The van der Waals surface area contributed by atoms with Crippen molar-refractivity contribution in [2.75, 3.05) is 0 Å². The summed E-state index contributed by atoms with van der Waals surface area (Å²) in [5.41, 5.74) is -0.855. The maximum Gasteiger partial charge on any atom is 0.310 e. The van der Waals surface area contributed by atoms with Crippen molar-refractivity contribution in [2.24, 2.45) is 11.3 Å². The SMILES string of the molecule is CC(C)C(C)(Cc1ncno1)C(=O)O. The number of hydrogen-bond acceptors (Lipinski definition) is 4. The molecule has 0 amide bonds. The van der Waals surface area contributed by atoms with Crippen LogP contribution in [-0.4, -0.2) is 21.2 Å². The van der Waals surface area contributed by atoms with E-state index >= 15 is 0 Å². The Morgan fingerprint density at radius 3 is 2.71 bits per heavy atom. The Morgan fingerprint density at radius 2 is 2.36 bits per heavy atom. The molecular weight excluding hydrogens is 184 g/mol. The maximum atomic E-state index is 11.1. The minimum absolute atomic E-state index is 0.00639. The van der Waals surface area contributed by atoms with Gasteiger partial charge in [-0.05, 0) is 12.8 Å². The molecule has 0 saturated heterocycles. The van der Waals surface area contributed by atoms with Crippen LogP contribution in [-0.2, 0) is 11.2 Å². The van der Waals surface area contributed by atoms with Gasteiger partial charge < -0.3 is 9.63 Å². The molecule has 0 radical (unpaired) electrons. The van der Waals surface area contributed by atoms with Crippen LogP contribution < -0.4 is 0 Å². The number of carboxylic acids is 1. The van der Waals surface area contributed by atoms with E-state index in [4.69, 9.17) is 9.63 Å². The van der Waals surface area contributed by atoms with Gasteiger partial charge in [-0.15, -0.1) is 0 Å². The van der Waals surface area contributed by atoms with Gasteiger partial charge in [0, 0.05) is 6.42 Å². The van der Waals surface area contributed by atoms with Crippen molar-refractivity contribution in [1.29, 1.82) is 0 Å². The lowest BCUT2D eigenvalue weighted by molar-refractivity contribution is -0.150. The fourth-order valence-electron chi connectivity index (χ4n) is 1.11. The third-order valence-electron chi connectivity index (χ3n) is 2.69. The molecule has 0 fully saturated rings. The molecule has 0 spiro atoms. The summed E-state index contributed by atoms with van der Waals surface area (Å²) in [6.07, 6.45) is 1.54. The molecule has 0 saturated carbocycles. The van der Waals surface area contributed by atoms with Crippen LogP contribution in [0.25, 0.3) is 0 Å². The molecule has 0 aromatic carbocycles. The highest BCUT2D eigenvalue weighted by molar-refractivity contribution is 5.74. The van der Waals surface area contributed by atoms with E-state index in [0.29, 0.717) is 5.89 Å². The Morgan fingerprint density at radius 1 is 1.71 bits per heavy atom. The van der Waals surface area contributed by atoms with Crippen LogP contribution in [0.5, 0.6) is 0 Å². The second-order valence-electron chi connectivity index (χ2n) is 3.89. The summed E-state index contributed by atoms with van der Waals surface area (Å²) < 4.78 is 4.81. The first-order chi connectivity index (χ1) is 6.47. The summed E-state index contributed by atoms with van der Waals surface area (Å²) >= 11 is 0. The molecule has 0 aliphatic rings. The van der Waals surface area contributed by atoms with Gasteiger partial charge in [-0.25, -0.2) is 0 Å². The first-order valence-electron chi connectivity index (χ1n) is 4.45. The Labute approximate surface area is 82.1 Å². The molecule has 78 valence electrons. The number of hydrogen-bond donors (Lipinski definition) is 1. The summed E-state index contributed by atoms with van der Waals surface area (Å²) in [6, 6.07) is 0. The molecule has 1 atom stereocenters. The van der Waals surface area contributed by atoms with Crippen LogP contribution in [0, 0.1) is 11.3 Å². The number of rotatable bonds is 4. The molecule has 5 heteroatoms. The van der Waals surface area contributed by atoms with Crippen LogP contribution in [0.1, 0.15) is 26.7 Å². The Hall–Kier alpha value is -1.39. The van der Waals surface area contributed by atoms with Crippen LogP contribution in [0.2, 0.25) is 0 Å². The zero-order chi connectivity index (χ0) is 10.8. The van der Waals surface area contributed by atoms with E-state index < -0.39 is 11.4 Å². The average molecular weight is 198 g/mol. The van der Waals surface area contributed by atoms with Crippen molar-refractivity contribution in [3.05, 3.63) is 12.2 Å². The molecule has 1 N–H and O–H groups in total. The summed E-state index contributed by atoms with van der Waals surface area (Å²) in [5.74, 6) is -0.471. The van der Waals surface area contributed by atoms with E-state index in [2.05, 4.69) is 10.1 Å². The van der Waals surface area contributed by atoms with Crippen LogP contribution >= 0.6 is 0 Å². The Balaban J connectivity index is 2.85. The molecule has 0 aliphatic carbocycles. The van der Waals surface area contributed by atoms with Gasteiger partial charge in [-0.1, -0.05) is 19.0 Å². The van der Waals surface area contributed by atoms with Gasteiger partial charge in [0.1, 0.15) is 0 Å². The Bertz CT molecular complexity index is 308. The van der Waals surface area contributed by atoms with Gasteiger partial charge in [-0.2, -0.15) is 4.98 Å². The minimum atomic E-state index is -0.855. The largest absolute Gasteiger partial charge is 0.481 e. The zero-order valence-corrected chi connectivity index (χ0v) is 8.52. The van der Waals surface area contributed by atoms with E-state index in [1.54, 1.807) is 6.92 Å². The van der Waals surface area contributed by atoms with Gasteiger partial charge in [-0.3, -0.25) is 4.79 Å². The van der Waals surface area contributed by atoms with Gasteiger partial charge in [0.2, 0.25) is 5.89 Å². The molecule has 1 unspecified atom stereocenters. The lowest BCUT2D eigenvalue weighted by Gasteiger charge is -2.27. The predicted molar refractivity (Wildman–Crippen MR) is 48.6 cm³/mol. The summed E-state index contributed by atoms with van der Waals surface area (Å²) in [4.78, 5) is 14.9. The van der Waals surface area contributed by atoms with Gasteiger partial charge >= 0.3 is 5.97 Å². The molecule has 1 aromatic heterocycles. The number of nitrogens with zero attached hydrogens (tertiary/aromatic N) is 2. The highest BCUT2D eigenvalue weighted by Gasteiger charge is 2.38. The van der Waals surface area contributed by atoms with Crippen LogP contribution in [0.15, 0.2) is 10.9 Å². The van der Waals surface area contributed by atoms with Gasteiger partial charge in [0.05, 0.1) is 5.41 Å². The topological polar surface area (TPSA) is 76.2 Å². The average Bonchev–Trinajstić information content (AvgIpc) is 2.55. The van der Waals surface area contributed by atoms with Crippen molar-refractivity contribution >= 4 is 5.97 Å². The third-order valence-corrected chi connectivity index (χ3v) is 2.69. The maximum absolute atomic E-state index is 11.1. The molecule has 1 aromatic rings. The number of carbonyl (C=O) groups is 1. The Kier molecular flexibility index (Phi) is 2.88. The van der Waals surface area contributed by atoms with E-state index in [1.165, 1.54) is 6.33 Å². The van der Waals surface area contributed by atoms with Crippen molar-refractivity contribution in [3.8, 4) is 0 Å². The fourth-order valence-corrected chi connectivity index (χ4v) is 1.11. The molecule has 14 heavy (non-hydrogen) atoms. The first kappa shape index (κ1) is 10.7. The van der Waals surface area contributed by atoms with Crippen molar-refractivity contribution in [2.45, 2.75) is 27.2 Å². The summed E-state index contributed by atoms with van der Waals surface area (Å²) in [5, 5.41) is 12.6. The molecule has 1 heterocycles. The normalized spacial score (nSPS) is 15.4. The van der Waals surface area contributed by atoms with Gasteiger partial charge in [0.15, 0.2) is 6.33 Å². The third kappa shape index (κ3) is 1.92. The molecule has 5 nitrogen and oxygen atoms in total. The predicted octanol–water partition coefficient (Wildman–Crippen LogP) is 1.36. The van der Waals surface area contributed by atoms with Crippen molar-refractivity contribution in [3.63, 3.8) is 0 Å². The minimum Gasteiger partial charge on any atom is -0.481 e. The molecule has 1 rings (SSSR count). The summed E-state index contributed by atoms with van der Waals surface area (Å²) in [7, 11) is 0. The quantitative estimate of drug-likeness (QED) is 0.790. The smallest absolute Gasteiger partial charge is 0.310 e. The van der Waals surface area contributed by atoms with Crippen molar-refractivity contribution < 1.29 is 14.4 Å². The van der Waals surface area contributed by atoms with Crippen LogP contribution in [0.3, 0.4) is 0 Å². The lowest BCUT2D eigenvalue weighted by atomic mass is 9.76. The highest BCUT2D eigenvalue weighted by Crippen LogP contribution is 2.30. The second-order valence-corrected chi connectivity index (χ2v) is 3.89. The molecular formula is C9H14N2O3. The molecule has 0 bridgehead atoms. The van der Waals surface area contributed by atoms with Crippen LogP contribution in [0.4, 0.5) is 0 Å². The number of aromatic nitrogens is 2. The number of aliphatic carboxylic acids is 1. The van der Waals surface area contributed by atoms with E-state index in [-0.39, 0.29) is 12.3 Å². The summed E-state index contributed by atoms with van der Waals surface area (Å²) in [6.45, 7) is 5.42. The van der Waals surface area contributed by atoms with E-state index in [1.807, 2.05) is 13.8 Å². The standard InChI is InChI=1S/C9H14N2O3/c1-6(2)9(3,8(12)13)4-7-10-5-11-14-7/h5-6H,4H2,1-3H3,(H,12,13). The van der Waals surface area contributed by atoms with E-state index in [9.17, 15) is 4.79 Å². The first-order valence-corrected chi connectivity index (χ1v) is 4.45. The highest BCUT2D eigenvalue weighted by atomic mass is 16.5. The fraction of sp³-hybridized carbons (Fsp3) is 0.667. The van der Waals surface area contributed by atoms with Crippen molar-refractivity contribution in [1.82, 2.24) is 10.1 Å². The monoisotopic (exact) mass is 198 g/mol. The van der Waals surface area contributed by atoms with E-state index in [0.717, 1.165) is 0 Å². The zero-order valence-electron chi connectivity index (χ0n) is 8.52. The molecule has 0 aliphatic heterocycles. The lowest BCUT2D eigenvalue weighted by Crippen LogP contribution is -2.35. The van der Waals surface area contributed by atoms with Gasteiger partial charge in [0.25, 0.3) is 0 Å². The number of carboxylic acid groups (broad SMARTS) is 1.